The van der Waals surface area contributed by atoms with Gasteiger partial charge in [0, 0.05) is 24.5 Å². The van der Waals surface area contributed by atoms with Crippen molar-refractivity contribution in [1.29, 1.82) is 0 Å². The molecule has 2 rings (SSSR count). The molecule has 20 heavy (non-hydrogen) atoms. The maximum atomic E-state index is 13.6. The molecule has 0 aromatic heterocycles. The van der Waals surface area contributed by atoms with E-state index in [0.717, 1.165) is 23.5 Å². The molecule has 0 aliphatic heterocycles. The lowest BCUT2D eigenvalue weighted by Crippen LogP contribution is -2.21. The highest BCUT2D eigenvalue weighted by Crippen LogP contribution is 2.31. The highest BCUT2D eigenvalue weighted by atomic mass is 19.1. The lowest BCUT2D eigenvalue weighted by atomic mass is 10.0. The lowest BCUT2D eigenvalue weighted by Gasteiger charge is -2.25. The Morgan fingerprint density at radius 3 is 2.50 bits per heavy atom. The van der Waals surface area contributed by atoms with Crippen LogP contribution in [0.2, 0.25) is 0 Å². The minimum atomic E-state index is -0.199. The minimum Gasteiger partial charge on any atom is -0.344 e. The van der Waals surface area contributed by atoms with Crippen molar-refractivity contribution in [3.8, 4) is 0 Å². The number of hydrogen-bond donors (Lipinski definition) is 1. The van der Waals surface area contributed by atoms with E-state index in [2.05, 4.69) is 24.1 Å². The SMILES string of the molecule is CCNC(C)c1cc(F)ccc1N(C)c1ccccc1. The fourth-order valence-corrected chi connectivity index (χ4v) is 2.38. The molecule has 1 N–H and O–H groups in total. The molecule has 0 radical (unpaired) electrons. The first-order valence-electron chi connectivity index (χ1n) is 6.95. The summed E-state index contributed by atoms with van der Waals surface area (Å²) in [5.74, 6) is -0.199. The molecule has 3 heteroatoms. The quantitative estimate of drug-likeness (QED) is 0.874. The lowest BCUT2D eigenvalue weighted by molar-refractivity contribution is 0.583. The molecule has 0 saturated heterocycles. The molecule has 0 saturated carbocycles. The molecule has 0 aliphatic carbocycles. The van der Waals surface area contributed by atoms with E-state index in [1.165, 1.54) is 6.07 Å². The molecule has 1 atom stereocenters. The Labute approximate surface area is 120 Å². The van der Waals surface area contributed by atoms with Gasteiger partial charge in [-0.15, -0.1) is 0 Å². The van der Waals surface area contributed by atoms with E-state index >= 15 is 0 Å². The Kier molecular flexibility index (Phi) is 4.74. The van der Waals surface area contributed by atoms with Crippen molar-refractivity contribution >= 4 is 11.4 Å². The topological polar surface area (TPSA) is 15.3 Å². The highest BCUT2D eigenvalue weighted by Gasteiger charge is 2.14. The molecule has 2 aromatic carbocycles. The molecular formula is C17H21FN2. The molecule has 106 valence electrons. The zero-order chi connectivity index (χ0) is 14.5. The fraction of sp³-hybridized carbons (Fsp3) is 0.294. The molecule has 0 spiro atoms. The first kappa shape index (κ1) is 14.5. The molecule has 0 amide bonds. The fourth-order valence-electron chi connectivity index (χ4n) is 2.38. The van der Waals surface area contributed by atoms with Crippen LogP contribution in [0.5, 0.6) is 0 Å². The van der Waals surface area contributed by atoms with Crippen LogP contribution in [-0.4, -0.2) is 13.6 Å². The number of halogens is 1. The van der Waals surface area contributed by atoms with Gasteiger partial charge in [-0.3, -0.25) is 0 Å². The number of rotatable bonds is 5. The normalized spacial score (nSPS) is 12.2. The second-order valence-electron chi connectivity index (χ2n) is 4.88. The number of hydrogen-bond acceptors (Lipinski definition) is 2. The Balaban J connectivity index is 2.40. The van der Waals surface area contributed by atoms with Crippen LogP contribution in [0.3, 0.4) is 0 Å². The third-order valence-corrected chi connectivity index (χ3v) is 3.47. The smallest absolute Gasteiger partial charge is 0.123 e. The summed E-state index contributed by atoms with van der Waals surface area (Å²) in [5, 5.41) is 3.34. The molecular weight excluding hydrogens is 251 g/mol. The zero-order valence-corrected chi connectivity index (χ0v) is 12.2. The summed E-state index contributed by atoms with van der Waals surface area (Å²) in [6.45, 7) is 4.96. The number of nitrogens with one attached hydrogen (secondary N) is 1. The van der Waals surface area contributed by atoms with Crippen molar-refractivity contribution in [2.75, 3.05) is 18.5 Å². The third-order valence-electron chi connectivity index (χ3n) is 3.47. The summed E-state index contributed by atoms with van der Waals surface area (Å²) < 4.78 is 13.6. The molecule has 0 fully saturated rings. The van der Waals surface area contributed by atoms with Crippen molar-refractivity contribution in [2.45, 2.75) is 19.9 Å². The Morgan fingerprint density at radius 1 is 1.15 bits per heavy atom. The maximum absolute atomic E-state index is 13.6. The molecule has 0 heterocycles. The summed E-state index contributed by atoms with van der Waals surface area (Å²) in [5.41, 5.74) is 3.08. The van der Waals surface area contributed by atoms with Crippen LogP contribution in [0.4, 0.5) is 15.8 Å². The van der Waals surface area contributed by atoms with Gasteiger partial charge in [-0.25, -0.2) is 4.39 Å². The Hall–Kier alpha value is -1.87. The van der Waals surface area contributed by atoms with Crippen molar-refractivity contribution in [1.82, 2.24) is 5.32 Å². The molecule has 2 nitrogen and oxygen atoms in total. The molecule has 2 aromatic rings. The van der Waals surface area contributed by atoms with Crippen molar-refractivity contribution < 1.29 is 4.39 Å². The third kappa shape index (κ3) is 3.17. The van der Waals surface area contributed by atoms with Gasteiger partial charge >= 0.3 is 0 Å². The molecule has 0 bridgehead atoms. The van der Waals surface area contributed by atoms with E-state index in [4.69, 9.17) is 0 Å². The number of nitrogens with zero attached hydrogens (tertiary/aromatic N) is 1. The van der Waals surface area contributed by atoms with Crippen molar-refractivity contribution in [3.63, 3.8) is 0 Å². The van der Waals surface area contributed by atoms with Gasteiger partial charge in [0.25, 0.3) is 0 Å². The Morgan fingerprint density at radius 2 is 1.85 bits per heavy atom. The van der Waals surface area contributed by atoms with Crippen LogP contribution in [0.25, 0.3) is 0 Å². The second kappa shape index (κ2) is 6.53. The highest BCUT2D eigenvalue weighted by molar-refractivity contribution is 5.66. The average Bonchev–Trinajstić information content (AvgIpc) is 2.47. The largest absolute Gasteiger partial charge is 0.344 e. The van der Waals surface area contributed by atoms with Gasteiger partial charge in [0.05, 0.1) is 0 Å². The minimum absolute atomic E-state index is 0.108. The van der Waals surface area contributed by atoms with Gasteiger partial charge in [0.1, 0.15) is 5.82 Å². The Bertz CT molecular complexity index is 554. The van der Waals surface area contributed by atoms with Gasteiger partial charge < -0.3 is 10.2 Å². The van der Waals surface area contributed by atoms with E-state index in [-0.39, 0.29) is 11.9 Å². The van der Waals surface area contributed by atoms with Gasteiger partial charge in [0.15, 0.2) is 0 Å². The van der Waals surface area contributed by atoms with Crippen LogP contribution in [0, 0.1) is 5.82 Å². The van der Waals surface area contributed by atoms with Crippen LogP contribution in [0.15, 0.2) is 48.5 Å². The summed E-state index contributed by atoms with van der Waals surface area (Å²) in [6.07, 6.45) is 0. The summed E-state index contributed by atoms with van der Waals surface area (Å²) in [6, 6.07) is 15.2. The van der Waals surface area contributed by atoms with Crippen LogP contribution in [0.1, 0.15) is 25.5 Å². The number of para-hydroxylation sites is 1. The van der Waals surface area contributed by atoms with E-state index in [9.17, 15) is 4.39 Å². The maximum Gasteiger partial charge on any atom is 0.123 e. The van der Waals surface area contributed by atoms with Gasteiger partial charge in [0.2, 0.25) is 0 Å². The monoisotopic (exact) mass is 272 g/mol. The predicted molar refractivity (Wildman–Crippen MR) is 83.0 cm³/mol. The van der Waals surface area contributed by atoms with E-state index in [1.54, 1.807) is 6.07 Å². The van der Waals surface area contributed by atoms with Gasteiger partial charge in [-0.2, -0.15) is 0 Å². The summed E-state index contributed by atoms with van der Waals surface area (Å²) >= 11 is 0. The first-order chi connectivity index (χ1) is 9.63. The van der Waals surface area contributed by atoms with E-state index in [1.807, 2.05) is 43.4 Å². The van der Waals surface area contributed by atoms with Gasteiger partial charge in [-0.05, 0) is 49.4 Å². The van der Waals surface area contributed by atoms with E-state index in [0.29, 0.717) is 0 Å². The molecule has 1 unspecified atom stereocenters. The van der Waals surface area contributed by atoms with Crippen molar-refractivity contribution in [3.05, 3.63) is 59.9 Å². The second-order valence-corrected chi connectivity index (χ2v) is 4.88. The standard InChI is InChI=1S/C17H21FN2/c1-4-19-13(2)16-12-14(18)10-11-17(16)20(3)15-8-6-5-7-9-15/h5-13,19H,4H2,1-3H3. The predicted octanol–water partition coefficient (Wildman–Crippen LogP) is 4.26. The van der Waals surface area contributed by atoms with Crippen LogP contribution >= 0.6 is 0 Å². The average molecular weight is 272 g/mol. The zero-order valence-electron chi connectivity index (χ0n) is 12.2. The van der Waals surface area contributed by atoms with Crippen LogP contribution < -0.4 is 10.2 Å². The summed E-state index contributed by atoms with van der Waals surface area (Å²) in [4.78, 5) is 2.09. The van der Waals surface area contributed by atoms with Crippen molar-refractivity contribution in [2.24, 2.45) is 0 Å². The van der Waals surface area contributed by atoms with Crippen LogP contribution in [-0.2, 0) is 0 Å². The number of anilines is 2. The summed E-state index contributed by atoms with van der Waals surface area (Å²) in [7, 11) is 2.00. The first-order valence-corrected chi connectivity index (χ1v) is 6.95. The molecule has 0 aliphatic rings. The number of benzene rings is 2. The van der Waals surface area contributed by atoms with Gasteiger partial charge in [-0.1, -0.05) is 25.1 Å². The van der Waals surface area contributed by atoms with E-state index < -0.39 is 0 Å².